The average Bonchev–Trinajstić information content (AvgIpc) is 3.70. The molecule has 17 heteroatoms. The van der Waals surface area contributed by atoms with Gasteiger partial charge in [0.05, 0.1) is 30.2 Å². The normalized spacial score (nSPS) is 15.0. The Kier molecular flexibility index (Phi) is 10.5. The van der Waals surface area contributed by atoms with E-state index in [1.807, 2.05) is 60.4 Å². The van der Waals surface area contributed by atoms with Crippen LogP contribution in [0.5, 0.6) is 5.75 Å². The Morgan fingerprint density at radius 3 is 2.44 bits per heavy atom. The van der Waals surface area contributed by atoms with E-state index in [0.717, 1.165) is 28.3 Å². The summed E-state index contributed by atoms with van der Waals surface area (Å²) in [6.45, 7) is 5.59. The van der Waals surface area contributed by atoms with Crippen molar-refractivity contribution >= 4 is 29.0 Å². The lowest BCUT2D eigenvalue weighted by Gasteiger charge is -2.36. The largest absolute Gasteiger partial charge is 0.485 e. The van der Waals surface area contributed by atoms with Crippen LogP contribution in [0.15, 0.2) is 71.8 Å². The fraction of sp³-hybridized carbons (Fsp3) is 0.341. The molecule has 0 saturated carbocycles. The lowest BCUT2D eigenvalue weighted by Crippen LogP contribution is -2.51. The van der Waals surface area contributed by atoms with Crippen LogP contribution in [-0.4, -0.2) is 78.6 Å². The molecule has 0 spiro atoms. The van der Waals surface area contributed by atoms with Gasteiger partial charge in [0.2, 0.25) is 11.7 Å². The van der Waals surface area contributed by atoms with Gasteiger partial charge in [-0.25, -0.2) is 9.97 Å². The number of anilines is 2. The van der Waals surface area contributed by atoms with Crippen LogP contribution in [0, 0.1) is 6.92 Å². The molecule has 0 bridgehead atoms. The van der Waals surface area contributed by atoms with Gasteiger partial charge in [0.15, 0.2) is 17.3 Å². The molecular formula is C44H42F3N9O5. The van der Waals surface area contributed by atoms with Gasteiger partial charge in [0.1, 0.15) is 25.2 Å². The monoisotopic (exact) mass is 833 g/mol. The Hall–Kier alpha value is -6.62. The van der Waals surface area contributed by atoms with Crippen molar-refractivity contribution < 1.29 is 32.2 Å². The zero-order valence-electron chi connectivity index (χ0n) is 33.6. The molecule has 3 aliphatic rings. The maximum atomic E-state index is 14.7. The zero-order valence-corrected chi connectivity index (χ0v) is 33.6. The molecule has 2 aliphatic heterocycles. The molecule has 0 unspecified atom stereocenters. The van der Waals surface area contributed by atoms with Crippen molar-refractivity contribution in [1.29, 1.82) is 0 Å². The highest BCUT2D eigenvalue weighted by Crippen LogP contribution is 2.41. The Morgan fingerprint density at radius 1 is 0.918 bits per heavy atom. The summed E-state index contributed by atoms with van der Waals surface area (Å²) in [6, 6.07) is 17.7. The molecule has 3 aromatic heterocycles. The second kappa shape index (κ2) is 16.1. The number of nitrogens with one attached hydrogen (secondary N) is 1. The summed E-state index contributed by atoms with van der Waals surface area (Å²) in [5, 5.41) is 7.60. The highest BCUT2D eigenvalue weighted by molar-refractivity contribution is 5.95. The Morgan fingerprint density at radius 2 is 1.70 bits per heavy atom. The van der Waals surface area contributed by atoms with Crippen LogP contribution < -0.4 is 20.5 Å². The number of carbonyl (C=O) groups is 2. The third-order valence-electron chi connectivity index (χ3n) is 11.7. The molecule has 14 nitrogen and oxygen atoms in total. The number of aromatic nitrogens is 6. The third kappa shape index (κ3) is 7.47. The predicted molar refractivity (Wildman–Crippen MR) is 219 cm³/mol. The molecule has 61 heavy (non-hydrogen) atoms. The number of fused-ring (bicyclic) bond motifs is 3. The fourth-order valence-corrected chi connectivity index (χ4v) is 8.53. The van der Waals surface area contributed by atoms with E-state index in [1.165, 1.54) is 16.9 Å². The maximum Gasteiger partial charge on any atom is 0.416 e. The minimum Gasteiger partial charge on any atom is -0.485 e. The van der Waals surface area contributed by atoms with Crippen molar-refractivity contribution in [3.63, 3.8) is 0 Å². The molecule has 9 rings (SSSR count). The zero-order chi connectivity index (χ0) is 42.4. The third-order valence-corrected chi connectivity index (χ3v) is 11.7. The fourth-order valence-electron chi connectivity index (χ4n) is 8.53. The molecule has 0 radical (unpaired) electrons. The first kappa shape index (κ1) is 39.8. The van der Waals surface area contributed by atoms with Gasteiger partial charge in [-0.3, -0.25) is 14.4 Å². The SMILES string of the molecule is CCc1c(N2CCN(C(=O)c3ncnc(C)c3OCc3ccccc3)CC2)c(=O)n2nc(-c3cccc4c3CCOC4)nc2n1CC(=O)Nc1ccc(C(F)(F)F)c2c1CC2. The first-order chi connectivity index (χ1) is 29.5. The molecule has 5 heterocycles. The first-order valence-electron chi connectivity index (χ1n) is 20.3. The van der Waals surface area contributed by atoms with Crippen molar-refractivity contribution in [2.45, 2.75) is 65.5 Å². The van der Waals surface area contributed by atoms with Crippen LogP contribution in [-0.2, 0) is 61.1 Å². The van der Waals surface area contributed by atoms with Crippen molar-refractivity contribution in [2.75, 3.05) is 43.0 Å². The minimum absolute atomic E-state index is 0.147. The van der Waals surface area contributed by atoms with E-state index in [0.29, 0.717) is 72.4 Å². The van der Waals surface area contributed by atoms with Crippen LogP contribution >= 0.6 is 0 Å². The number of ether oxygens (including phenoxy) is 2. The van der Waals surface area contributed by atoms with Crippen molar-refractivity contribution in [2.24, 2.45) is 0 Å². The maximum absolute atomic E-state index is 14.7. The summed E-state index contributed by atoms with van der Waals surface area (Å²) in [6.07, 6.45) is -1.51. The van der Waals surface area contributed by atoms with Crippen LogP contribution in [0.2, 0.25) is 0 Å². The van der Waals surface area contributed by atoms with Crippen molar-refractivity contribution in [3.8, 4) is 17.1 Å². The van der Waals surface area contributed by atoms with Gasteiger partial charge >= 0.3 is 6.18 Å². The number of halogens is 3. The quantitative estimate of drug-likeness (QED) is 0.185. The molecule has 1 saturated heterocycles. The molecule has 0 atom stereocenters. The number of carbonyl (C=O) groups excluding carboxylic acids is 2. The molecule has 2 amide bonds. The average molecular weight is 834 g/mol. The second-order valence-electron chi connectivity index (χ2n) is 15.3. The smallest absolute Gasteiger partial charge is 0.416 e. The summed E-state index contributed by atoms with van der Waals surface area (Å²) in [5.74, 6) is -0.0611. The number of nitrogens with zero attached hydrogens (tertiary/aromatic N) is 8. The van der Waals surface area contributed by atoms with Crippen LogP contribution in [0.3, 0.4) is 0 Å². The molecule has 1 aliphatic carbocycles. The van der Waals surface area contributed by atoms with Crippen LogP contribution in [0.1, 0.15) is 62.2 Å². The Bertz CT molecular complexity index is 2740. The Balaban J connectivity index is 1.04. The Labute approximate surface area is 348 Å². The highest BCUT2D eigenvalue weighted by atomic mass is 19.4. The number of hydrogen-bond acceptors (Lipinski definition) is 10. The van der Waals surface area contributed by atoms with Gasteiger partial charge in [-0.2, -0.15) is 22.7 Å². The van der Waals surface area contributed by atoms with E-state index in [1.54, 1.807) is 16.4 Å². The summed E-state index contributed by atoms with van der Waals surface area (Å²) < 4.78 is 55.8. The number of amides is 2. The number of alkyl halides is 3. The van der Waals surface area contributed by atoms with E-state index < -0.39 is 23.2 Å². The van der Waals surface area contributed by atoms with Gasteiger partial charge < -0.3 is 29.2 Å². The van der Waals surface area contributed by atoms with E-state index >= 15 is 0 Å². The summed E-state index contributed by atoms with van der Waals surface area (Å²) in [7, 11) is 0. The van der Waals surface area contributed by atoms with Crippen LogP contribution in [0.25, 0.3) is 17.2 Å². The number of benzene rings is 3. The van der Waals surface area contributed by atoms with Crippen molar-refractivity contribution in [1.82, 2.24) is 34.0 Å². The van der Waals surface area contributed by atoms with Gasteiger partial charge in [-0.15, -0.1) is 5.10 Å². The van der Waals surface area contributed by atoms with E-state index in [4.69, 9.17) is 19.6 Å². The molecule has 3 aromatic carbocycles. The lowest BCUT2D eigenvalue weighted by molar-refractivity contribution is -0.138. The lowest BCUT2D eigenvalue weighted by atomic mass is 9.83. The second-order valence-corrected chi connectivity index (χ2v) is 15.3. The summed E-state index contributed by atoms with van der Waals surface area (Å²) in [4.78, 5) is 59.7. The number of rotatable bonds is 10. The molecular weight excluding hydrogens is 792 g/mol. The summed E-state index contributed by atoms with van der Waals surface area (Å²) >= 11 is 0. The van der Waals surface area contributed by atoms with E-state index in [-0.39, 0.29) is 68.7 Å². The molecule has 1 N–H and O–H groups in total. The predicted octanol–water partition coefficient (Wildman–Crippen LogP) is 5.59. The van der Waals surface area contributed by atoms with Gasteiger partial charge in [-0.05, 0) is 72.6 Å². The topological polar surface area (TPSA) is 149 Å². The molecule has 1 fully saturated rings. The molecule has 314 valence electrons. The van der Waals surface area contributed by atoms with Crippen LogP contribution in [0.4, 0.5) is 24.5 Å². The summed E-state index contributed by atoms with van der Waals surface area (Å²) in [5.41, 5.74) is 5.07. The van der Waals surface area contributed by atoms with Gasteiger partial charge in [0.25, 0.3) is 11.5 Å². The van der Waals surface area contributed by atoms with Gasteiger partial charge in [0, 0.05) is 37.4 Å². The highest BCUT2D eigenvalue weighted by Gasteiger charge is 2.38. The van der Waals surface area contributed by atoms with E-state index in [2.05, 4.69) is 15.3 Å². The minimum atomic E-state index is -4.50. The van der Waals surface area contributed by atoms with Gasteiger partial charge in [-0.1, -0.05) is 55.5 Å². The first-order valence-corrected chi connectivity index (χ1v) is 20.3. The van der Waals surface area contributed by atoms with Crippen molar-refractivity contribution in [3.05, 3.63) is 128 Å². The van der Waals surface area contributed by atoms with E-state index in [9.17, 15) is 27.6 Å². The number of piperazine rings is 1. The number of hydrogen-bond donors (Lipinski definition) is 1. The number of aryl methyl sites for hydroxylation is 1. The molecule has 6 aromatic rings. The standard InChI is InChI=1S/C44H42F3N9O5/c1-3-35-38(53-17-19-54(20-18-53)41(58)37-39(26(2)48-25-49-37)61-23-27-8-5-4-6-9-27)42(59)56-43(51-40(52-56)32-11-7-10-28-24-60-21-16-29(28)32)55(35)22-36(57)50-34-15-14-33(44(45,46)47)30-12-13-31(30)34/h4-11,14-15,25H,3,12-13,16-24H2,1-2H3,(H,50,57).